The average Bonchev–Trinajstić information content (AvgIpc) is 3.62. The third-order valence-corrected chi connectivity index (χ3v) is 6.53. The first-order chi connectivity index (χ1) is 17.6. The van der Waals surface area contributed by atoms with Crippen molar-refractivity contribution in [2.75, 3.05) is 20.2 Å². The number of carbonyl (C=O) groups excluding carboxylic acids is 2. The lowest BCUT2D eigenvalue weighted by atomic mass is 9.96. The van der Waals surface area contributed by atoms with Gasteiger partial charge in [-0.3, -0.25) is 9.59 Å². The molecule has 184 valence electrons. The number of rotatable bonds is 7. The van der Waals surface area contributed by atoms with Gasteiger partial charge in [-0.25, -0.2) is 4.68 Å². The monoisotopic (exact) mass is 483 g/mol. The molecule has 0 bridgehead atoms. The molecule has 1 aliphatic heterocycles. The molecule has 4 aromatic rings. The molecule has 0 spiro atoms. The minimum absolute atomic E-state index is 0.0334. The van der Waals surface area contributed by atoms with E-state index in [-0.39, 0.29) is 17.7 Å². The Balaban J connectivity index is 1.31. The fourth-order valence-electron chi connectivity index (χ4n) is 4.60. The molecule has 0 saturated carbocycles. The fraction of sp³-hybridized carbons (Fsp3) is 0.250. The molecule has 1 unspecified atom stereocenters. The van der Waals surface area contributed by atoms with Crippen LogP contribution in [0, 0.1) is 5.92 Å². The van der Waals surface area contributed by atoms with Crippen molar-refractivity contribution in [2.24, 2.45) is 5.92 Å². The van der Waals surface area contributed by atoms with Gasteiger partial charge < -0.3 is 19.5 Å². The number of hydrogen-bond donors (Lipinski definition) is 1. The summed E-state index contributed by atoms with van der Waals surface area (Å²) in [5.41, 5.74) is 2.38. The van der Waals surface area contributed by atoms with Crippen LogP contribution in [0.15, 0.2) is 85.3 Å². The van der Waals surface area contributed by atoms with Gasteiger partial charge in [-0.1, -0.05) is 30.3 Å². The minimum Gasteiger partial charge on any atom is -0.497 e. The maximum atomic E-state index is 13.7. The van der Waals surface area contributed by atoms with Crippen LogP contribution in [0.5, 0.6) is 5.75 Å². The molecular weight excluding hydrogens is 454 g/mol. The first-order valence-corrected chi connectivity index (χ1v) is 12.1. The van der Waals surface area contributed by atoms with Crippen LogP contribution in [0.1, 0.15) is 28.8 Å². The van der Waals surface area contributed by atoms with E-state index in [9.17, 15) is 9.59 Å². The molecule has 2 amide bonds. The summed E-state index contributed by atoms with van der Waals surface area (Å²) in [6, 6.07) is 21.2. The minimum atomic E-state index is -0.250. The van der Waals surface area contributed by atoms with E-state index in [1.54, 1.807) is 22.9 Å². The van der Waals surface area contributed by atoms with Crippen molar-refractivity contribution in [1.82, 2.24) is 24.6 Å². The second-order valence-corrected chi connectivity index (χ2v) is 8.88. The van der Waals surface area contributed by atoms with Crippen molar-refractivity contribution in [3.05, 3.63) is 96.4 Å². The number of ether oxygens (including phenoxy) is 1. The highest BCUT2D eigenvalue weighted by Gasteiger charge is 2.31. The summed E-state index contributed by atoms with van der Waals surface area (Å²) < 4.78 is 8.86. The number of para-hydroxylation sites is 1. The standard InChI is InChI=1S/C28H29N5O3/c1-36-24-13-11-21(12-14-24)18-29-26(34)22-8-7-17-32(20-22)28(35)25-19-30-33(23-9-3-2-4-10-23)27(25)31-15-5-6-16-31/h2-6,9-16,19,22H,7-8,17-18,20H2,1H3,(H,29,34). The molecule has 1 atom stereocenters. The van der Waals surface area contributed by atoms with Gasteiger partial charge in [0.1, 0.15) is 11.3 Å². The molecule has 3 heterocycles. The zero-order chi connectivity index (χ0) is 24.9. The van der Waals surface area contributed by atoms with Gasteiger partial charge in [-0.05, 0) is 54.8 Å². The van der Waals surface area contributed by atoms with Crippen molar-refractivity contribution in [3.63, 3.8) is 0 Å². The van der Waals surface area contributed by atoms with E-state index in [1.807, 2.05) is 83.7 Å². The highest BCUT2D eigenvalue weighted by molar-refractivity contribution is 5.97. The number of hydrogen-bond acceptors (Lipinski definition) is 4. The Morgan fingerprint density at radius 2 is 1.78 bits per heavy atom. The van der Waals surface area contributed by atoms with Gasteiger partial charge in [0.05, 0.1) is 24.9 Å². The first-order valence-electron chi connectivity index (χ1n) is 12.1. The van der Waals surface area contributed by atoms with E-state index < -0.39 is 0 Å². The molecule has 5 rings (SSSR count). The van der Waals surface area contributed by atoms with Gasteiger partial charge in [0.2, 0.25) is 5.91 Å². The summed E-state index contributed by atoms with van der Waals surface area (Å²) in [4.78, 5) is 28.4. The highest BCUT2D eigenvalue weighted by Crippen LogP contribution is 2.24. The molecule has 1 N–H and O–H groups in total. The summed E-state index contributed by atoms with van der Waals surface area (Å²) >= 11 is 0. The fourth-order valence-corrected chi connectivity index (χ4v) is 4.60. The number of piperidine rings is 1. The molecule has 2 aromatic heterocycles. The van der Waals surface area contributed by atoms with Crippen molar-refractivity contribution in [3.8, 4) is 17.3 Å². The van der Waals surface area contributed by atoms with Gasteiger partial charge in [0.25, 0.3) is 5.91 Å². The maximum absolute atomic E-state index is 13.7. The van der Waals surface area contributed by atoms with E-state index in [2.05, 4.69) is 10.4 Å². The van der Waals surface area contributed by atoms with E-state index >= 15 is 0 Å². The maximum Gasteiger partial charge on any atom is 0.259 e. The summed E-state index contributed by atoms with van der Waals surface area (Å²) in [5.74, 6) is 1.06. The van der Waals surface area contributed by atoms with E-state index in [0.717, 1.165) is 29.8 Å². The number of aromatic nitrogens is 3. The molecular formula is C28H29N5O3. The van der Waals surface area contributed by atoms with E-state index in [0.29, 0.717) is 31.0 Å². The van der Waals surface area contributed by atoms with Crippen LogP contribution in [-0.2, 0) is 11.3 Å². The summed E-state index contributed by atoms with van der Waals surface area (Å²) in [5, 5.41) is 7.57. The number of methoxy groups -OCH3 is 1. The quantitative estimate of drug-likeness (QED) is 0.433. The second kappa shape index (κ2) is 10.5. The third kappa shape index (κ3) is 4.88. The molecule has 1 aliphatic rings. The zero-order valence-corrected chi connectivity index (χ0v) is 20.2. The van der Waals surface area contributed by atoms with Gasteiger partial charge in [0, 0.05) is 32.0 Å². The summed E-state index contributed by atoms with van der Waals surface area (Å²) in [6.45, 7) is 1.44. The SMILES string of the molecule is COc1ccc(CNC(=O)C2CCCN(C(=O)c3cnn(-c4ccccc4)c3-n3cccc3)C2)cc1. The molecule has 1 saturated heterocycles. The van der Waals surface area contributed by atoms with Gasteiger partial charge in [0.15, 0.2) is 5.82 Å². The number of nitrogens with one attached hydrogen (secondary N) is 1. The Labute approximate surface area is 210 Å². The van der Waals surface area contributed by atoms with Crippen LogP contribution in [0.3, 0.4) is 0 Å². The normalized spacial score (nSPS) is 15.5. The Morgan fingerprint density at radius 1 is 1.03 bits per heavy atom. The van der Waals surface area contributed by atoms with Crippen molar-refractivity contribution in [2.45, 2.75) is 19.4 Å². The molecule has 8 nitrogen and oxygen atoms in total. The Bertz CT molecular complexity index is 1310. The van der Waals surface area contributed by atoms with Crippen LogP contribution in [0.25, 0.3) is 11.5 Å². The van der Waals surface area contributed by atoms with Gasteiger partial charge >= 0.3 is 0 Å². The predicted molar refractivity (Wildman–Crippen MR) is 136 cm³/mol. The zero-order valence-electron chi connectivity index (χ0n) is 20.2. The molecule has 2 aromatic carbocycles. The molecule has 8 heteroatoms. The Hall–Kier alpha value is -4.33. The number of benzene rings is 2. The number of likely N-dealkylation sites (tertiary alicyclic amines) is 1. The average molecular weight is 484 g/mol. The van der Waals surface area contributed by atoms with Crippen LogP contribution < -0.4 is 10.1 Å². The molecule has 1 fully saturated rings. The van der Waals surface area contributed by atoms with Gasteiger partial charge in [-0.15, -0.1) is 0 Å². The van der Waals surface area contributed by atoms with Crippen LogP contribution in [0.2, 0.25) is 0 Å². The van der Waals surface area contributed by atoms with Gasteiger partial charge in [-0.2, -0.15) is 5.10 Å². The number of nitrogens with zero attached hydrogens (tertiary/aromatic N) is 4. The Kier molecular flexibility index (Phi) is 6.84. The smallest absolute Gasteiger partial charge is 0.259 e. The second-order valence-electron chi connectivity index (χ2n) is 8.88. The summed E-state index contributed by atoms with van der Waals surface area (Å²) in [6.07, 6.45) is 6.96. The van der Waals surface area contributed by atoms with E-state index in [4.69, 9.17) is 4.74 Å². The van der Waals surface area contributed by atoms with Crippen molar-refractivity contribution in [1.29, 1.82) is 0 Å². The molecule has 36 heavy (non-hydrogen) atoms. The van der Waals surface area contributed by atoms with Crippen LogP contribution in [0.4, 0.5) is 0 Å². The Morgan fingerprint density at radius 3 is 2.50 bits per heavy atom. The van der Waals surface area contributed by atoms with Crippen molar-refractivity contribution >= 4 is 11.8 Å². The lowest BCUT2D eigenvalue weighted by molar-refractivity contribution is -0.126. The lowest BCUT2D eigenvalue weighted by Crippen LogP contribution is -2.45. The van der Waals surface area contributed by atoms with Crippen LogP contribution >= 0.6 is 0 Å². The molecule has 0 radical (unpaired) electrons. The van der Waals surface area contributed by atoms with E-state index in [1.165, 1.54) is 0 Å². The first kappa shape index (κ1) is 23.4. The van der Waals surface area contributed by atoms with Crippen molar-refractivity contribution < 1.29 is 14.3 Å². The largest absolute Gasteiger partial charge is 0.497 e. The highest BCUT2D eigenvalue weighted by atomic mass is 16.5. The predicted octanol–water partition coefficient (Wildman–Crippen LogP) is 3.84. The topological polar surface area (TPSA) is 81.4 Å². The lowest BCUT2D eigenvalue weighted by Gasteiger charge is -2.32. The number of amides is 2. The summed E-state index contributed by atoms with van der Waals surface area (Å²) in [7, 11) is 1.63. The molecule has 0 aliphatic carbocycles. The van der Waals surface area contributed by atoms with Crippen LogP contribution in [-0.4, -0.2) is 51.3 Å². The number of carbonyl (C=O) groups is 2. The third-order valence-electron chi connectivity index (χ3n) is 6.53.